The van der Waals surface area contributed by atoms with E-state index in [2.05, 4.69) is 21.4 Å². The summed E-state index contributed by atoms with van der Waals surface area (Å²) in [6, 6.07) is 16.0. The first-order valence-electron chi connectivity index (χ1n) is 7.96. The molecular formula is C19H12N4O4. The van der Waals surface area contributed by atoms with Gasteiger partial charge in [-0.05, 0) is 24.3 Å². The standard InChI is InChI=1S/C19H12N4O4/c20-9-12-6-7-15(26-13-4-2-1-3-5-13)16(8-12)27-19-21-10-14-18(23-19)25-11-17(24)22-14/h1-8,10H,11H2,(H,22,24). The zero-order valence-electron chi connectivity index (χ0n) is 13.9. The van der Waals surface area contributed by atoms with Gasteiger partial charge in [-0.15, -0.1) is 0 Å². The summed E-state index contributed by atoms with van der Waals surface area (Å²) in [5.74, 6) is 1.22. The van der Waals surface area contributed by atoms with Gasteiger partial charge in [0, 0.05) is 6.07 Å². The van der Waals surface area contributed by atoms with Crippen LogP contribution in [0.25, 0.3) is 0 Å². The molecule has 0 unspecified atom stereocenters. The molecule has 8 nitrogen and oxygen atoms in total. The van der Waals surface area contributed by atoms with Gasteiger partial charge in [0.1, 0.15) is 11.4 Å². The minimum Gasteiger partial charge on any atom is -0.466 e. The minimum atomic E-state index is -0.278. The normalized spacial score (nSPS) is 12.2. The maximum absolute atomic E-state index is 11.3. The van der Waals surface area contributed by atoms with E-state index in [1.54, 1.807) is 24.3 Å². The number of para-hydroxylation sites is 1. The predicted molar refractivity (Wildman–Crippen MR) is 93.9 cm³/mol. The Morgan fingerprint density at radius 1 is 1.11 bits per heavy atom. The smallest absolute Gasteiger partial charge is 0.325 e. The highest BCUT2D eigenvalue weighted by Crippen LogP contribution is 2.35. The van der Waals surface area contributed by atoms with Crippen molar-refractivity contribution in [3.8, 4) is 35.2 Å². The highest BCUT2D eigenvalue weighted by Gasteiger charge is 2.19. The lowest BCUT2D eigenvalue weighted by atomic mass is 10.2. The third kappa shape index (κ3) is 3.62. The van der Waals surface area contributed by atoms with Gasteiger partial charge >= 0.3 is 6.01 Å². The van der Waals surface area contributed by atoms with Crippen molar-refractivity contribution in [1.82, 2.24) is 9.97 Å². The van der Waals surface area contributed by atoms with Crippen molar-refractivity contribution >= 4 is 11.6 Å². The van der Waals surface area contributed by atoms with Gasteiger partial charge in [-0.25, -0.2) is 4.98 Å². The van der Waals surface area contributed by atoms with Crippen molar-refractivity contribution in [3.05, 3.63) is 60.3 Å². The van der Waals surface area contributed by atoms with E-state index in [0.29, 0.717) is 22.7 Å². The maximum Gasteiger partial charge on any atom is 0.325 e. The number of hydrogen-bond acceptors (Lipinski definition) is 7. The molecule has 1 N–H and O–H groups in total. The highest BCUT2D eigenvalue weighted by atomic mass is 16.5. The van der Waals surface area contributed by atoms with Crippen LogP contribution in [0.5, 0.6) is 29.1 Å². The average molecular weight is 360 g/mol. The van der Waals surface area contributed by atoms with E-state index in [4.69, 9.17) is 19.5 Å². The summed E-state index contributed by atoms with van der Waals surface area (Å²) in [7, 11) is 0. The molecule has 0 saturated heterocycles. The van der Waals surface area contributed by atoms with Crippen LogP contribution >= 0.6 is 0 Å². The SMILES string of the molecule is N#Cc1ccc(Oc2ccccc2)c(Oc2ncc3c(n2)OCC(=O)N3)c1. The third-order valence-corrected chi connectivity index (χ3v) is 3.59. The number of hydrogen-bond donors (Lipinski definition) is 1. The molecule has 2 aromatic carbocycles. The summed E-state index contributed by atoms with van der Waals surface area (Å²) in [6.45, 7) is -0.129. The molecule has 0 bridgehead atoms. The first-order chi connectivity index (χ1) is 13.2. The fraction of sp³-hybridized carbons (Fsp3) is 0.0526. The molecule has 0 aliphatic carbocycles. The summed E-state index contributed by atoms with van der Waals surface area (Å²) in [6.07, 6.45) is 1.39. The molecule has 0 spiro atoms. The van der Waals surface area contributed by atoms with E-state index in [1.165, 1.54) is 12.3 Å². The van der Waals surface area contributed by atoms with E-state index < -0.39 is 0 Å². The number of carbonyl (C=O) groups excluding carboxylic acids is 1. The maximum atomic E-state index is 11.3. The molecule has 0 fully saturated rings. The van der Waals surface area contributed by atoms with Crippen molar-refractivity contribution in [2.75, 3.05) is 11.9 Å². The average Bonchev–Trinajstić information content (AvgIpc) is 2.70. The molecule has 1 aromatic heterocycles. The Bertz CT molecular complexity index is 1050. The minimum absolute atomic E-state index is 0.00194. The molecular weight excluding hydrogens is 348 g/mol. The molecule has 1 aliphatic heterocycles. The van der Waals surface area contributed by atoms with E-state index in [0.717, 1.165) is 0 Å². The van der Waals surface area contributed by atoms with Crippen molar-refractivity contribution in [2.24, 2.45) is 0 Å². The Labute approximate surface area is 154 Å². The predicted octanol–water partition coefficient (Wildman–Crippen LogP) is 3.26. The molecule has 1 aliphatic rings. The quantitative estimate of drug-likeness (QED) is 0.761. The number of benzene rings is 2. The first-order valence-corrected chi connectivity index (χ1v) is 7.96. The topological polar surface area (TPSA) is 106 Å². The van der Waals surface area contributed by atoms with Gasteiger partial charge in [-0.1, -0.05) is 18.2 Å². The molecule has 1 amide bonds. The lowest BCUT2D eigenvalue weighted by Gasteiger charge is -2.17. The van der Waals surface area contributed by atoms with Gasteiger partial charge in [-0.3, -0.25) is 4.79 Å². The van der Waals surface area contributed by atoms with Crippen LogP contribution in [-0.2, 0) is 4.79 Å². The van der Waals surface area contributed by atoms with E-state index >= 15 is 0 Å². The van der Waals surface area contributed by atoms with Gasteiger partial charge in [-0.2, -0.15) is 10.2 Å². The van der Waals surface area contributed by atoms with Crippen LogP contribution in [0.1, 0.15) is 5.56 Å². The molecule has 0 saturated carbocycles. The van der Waals surface area contributed by atoms with E-state index in [9.17, 15) is 4.79 Å². The molecule has 4 rings (SSSR count). The van der Waals surface area contributed by atoms with Crippen LogP contribution in [0.4, 0.5) is 5.69 Å². The zero-order valence-corrected chi connectivity index (χ0v) is 13.9. The van der Waals surface area contributed by atoms with Crippen LogP contribution in [0.2, 0.25) is 0 Å². The Morgan fingerprint density at radius 3 is 2.78 bits per heavy atom. The number of ether oxygens (including phenoxy) is 3. The van der Waals surface area contributed by atoms with E-state index in [1.807, 2.05) is 18.2 Å². The molecule has 132 valence electrons. The van der Waals surface area contributed by atoms with Crippen LogP contribution in [-0.4, -0.2) is 22.5 Å². The second kappa shape index (κ2) is 7.01. The van der Waals surface area contributed by atoms with Gasteiger partial charge in [0.15, 0.2) is 18.1 Å². The van der Waals surface area contributed by atoms with Crippen molar-refractivity contribution in [2.45, 2.75) is 0 Å². The van der Waals surface area contributed by atoms with Crippen LogP contribution in [0.15, 0.2) is 54.7 Å². The number of carbonyl (C=O) groups is 1. The fourth-order valence-electron chi connectivity index (χ4n) is 2.37. The third-order valence-electron chi connectivity index (χ3n) is 3.59. The summed E-state index contributed by atoms with van der Waals surface area (Å²) < 4.78 is 16.8. The zero-order chi connectivity index (χ0) is 18.6. The Balaban J connectivity index is 1.64. The molecule has 0 atom stereocenters. The van der Waals surface area contributed by atoms with Gasteiger partial charge in [0.2, 0.25) is 5.88 Å². The summed E-state index contributed by atoms with van der Waals surface area (Å²) in [5.41, 5.74) is 0.761. The van der Waals surface area contributed by atoms with Crippen molar-refractivity contribution in [1.29, 1.82) is 5.26 Å². The Kier molecular flexibility index (Phi) is 4.25. The van der Waals surface area contributed by atoms with E-state index in [-0.39, 0.29) is 30.2 Å². The number of anilines is 1. The van der Waals surface area contributed by atoms with Crippen molar-refractivity contribution in [3.63, 3.8) is 0 Å². The Morgan fingerprint density at radius 2 is 1.96 bits per heavy atom. The number of nitrogens with one attached hydrogen (secondary N) is 1. The second-order valence-corrected chi connectivity index (χ2v) is 5.50. The summed E-state index contributed by atoms with van der Waals surface area (Å²) in [4.78, 5) is 19.5. The molecule has 8 heteroatoms. The van der Waals surface area contributed by atoms with Crippen LogP contribution in [0.3, 0.4) is 0 Å². The molecule has 0 radical (unpaired) electrons. The number of amides is 1. The van der Waals surface area contributed by atoms with Gasteiger partial charge in [0.05, 0.1) is 17.8 Å². The first kappa shape index (κ1) is 16.4. The molecule has 27 heavy (non-hydrogen) atoms. The van der Waals surface area contributed by atoms with Gasteiger partial charge in [0.25, 0.3) is 5.91 Å². The van der Waals surface area contributed by atoms with Crippen LogP contribution < -0.4 is 19.5 Å². The van der Waals surface area contributed by atoms with Crippen LogP contribution in [0, 0.1) is 11.3 Å². The monoisotopic (exact) mass is 360 g/mol. The number of nitriles is 1. The summed E-state index contributed by atoms with van der Waals surface area (Å²) in [5, 5.41) is 11.8. The second-order valence-electron chi connectivity index (χ2n) is 5.50. The van der Waals surface area contributed by atoms with Gasteiger partial charge < -0.3 is 19.5 Å². The molecule has 3 aromatic rings. The highest BCUT2D eigenvalue weighted by molar-refractivity contribution is 5.94. The van der Waals surface area contributed by atoms with Crippen molar-refractivity contribution < 1.29 is 19.0 Å². The number of fused-ring (bicyclic) bond motifs is 1. The molecule has 2 heterocycles. The fourth-order valence-corrected chi connectivity index (χ4v) is 2.37. The summed E-state index contributed by atoms with van der Waals surface area (Å²) >= 11 is 0. The number of rotatable bonds is 4. The Hall–Kier alpha value is -4.12. The number of nitrogens with zero attached hydrogens (tertiary/aromatic N) is 3. The largest absolute Gasteiger partial charge is 0.466 e. The lowest BCUT2D eigenvalue weighted by Crippen LogP contribution is -2.26. The number of aromatic nitrogens is 2. The lowest BCUT2D eigenvalue weighted by molar-refractivity contribution is -0.118.